The molecular weight excluding hydrogens is 264 g/mol. The molecule has 17 heavy (non-hydrogen) atoms. The van der Waals surface area contributed by atoms with E-state index >= 15 is 0 Å². The number of hydrogen-bond acceptors (Lipinski definition) is 3. The molecule has 0 saturated heterocycles. The van der Waals surface area contributed by atoms with Crippen molar-refractivity contribution in [2.24, 2.45) is 5.73 Å². The zero-order chi connectivity index (χ0) is 13.1. The van der Waals surface area contributed by atoms with E-state index in [9.17, 15) is 13.2 Å². The van der Waals surface area contributed by atoms with E-state index in [1.54, 1.807) is 6.92 Å². The van der Waals surface area contributed by atoms with Gasteiger partial charge < -0.3 is 5.73 Å². The number of carbonyl (C=O) groups excluding carboxylic acids is 1. The summed E-state index contributed by atoms with van der Waals surface area (Å²) < 4.78 is 24.8. The Bertz CT molecular complexity index is 499. The second-order valence-corrected chi connectivity index (χ2v) is 5.67. The average Bonchev–Trinajstić information content (AvgIpc) is 2.25. The van der Waals surface area contributed by atoms with Crippen molar-refractivity contribution in [3.63, 3.8) is 0 Å². The van der Waals surface area contributed by atoms with Gasteiger partial charge in [0.05, 0.1) is 4.90 Å². The maximum absolute atomic E-state index is 12.1. The molecule has 0 aliphatic rings. The summed E-state index contributed by atoms with van der Waals surface area (Å²) in [7, 11) is -3.88. The van der Waals surface area contributed by atoms with Crippen molar-refractivity contribution >= 4 is 27.7 Å². The predicted molar refractivity (Wildman–Crippen MR) is 65.2 cm³/mol. The number of urea groups is 1. The molecule has 7 heteroatoms. The molecule has 1 aromatic rings. The summed E-state index contributed by atoms with van der Waals surface area (Å²) in [6, 6.07) is 4.58. The van der Waals surface area contributed by atoms with Crippen LogP contribution in [0.15, 0.2) is 29.2 Å². The second kappa shape index (κ2) is 5.37. The number of primary amides is 1. The lowest BCUT2D eigenvalue weighted by Crippen LogP contribution is -2.41. The first kappa shape index (κ1) is 13.8. The monoisotopic (exact) mass is 276 g/mol. The van der Waals surface area contributed by atoms with Crippen LogP contribution in [0.25, 0.3) is 0 Å². The smallest absolute Gasteiger partial charge is 0.328 e. The third kappa shape index (κ3) is 3.10. The Hall–Kier alpha value is -1.27. The number of hydrogen-bond donors (Lipinski definition) is 1. The topological polar surface area (TPSA) is 80.5 Å². The molecule has 0 aliphatic carbocycles. The van der Waals surface area contributed by atoms with Crippen LogP contribution in [0.4, 0.5) is 4.79 Å². The van der Waals surface area contributed by atoms with E-state index in [1.807, 2.05) is 0 Å². The van der Waals surface area contributed by atoms with Crippen molar-refractivity contribution in [2.45, 2.75) is 18.2 Å². The van der Waals surface area contributed by atoms with Gasteiger partial charge in [0.1, 0.15) is 0 Å². The maximum Gasteiger partial charge on any atom is 0.328 e. The molecule has 5 nitrogen and oxygen atoms in total. The van der Waals surface area contributed by atoms with E-state index in [2.05, 4.69) is 0 Å². The quantitative estimate of drug-likeness (QED) is 0.911. The van der Waals surface area contributed by atoms with Crippen LogP contribution in [0.3, 0.4) is 0 Å². The van der Waals surface area contributed by atoms with Crippen molar-refractivity contribution in [1.82, 2.24) is 4.31 Å². The third-order valence-corrected chi connectivity index (χ3v) is 4.14. The third-order valence-electron chi connectivity index (χ3n) is 2.07. The summed E-state index contributed by atoms with van der Waals surface area (Å²) in [5.74, 6) is 0. The number of nitrogens with two attached hydrogens (primary N) is 1. The number of carbonyl (C=O) groups is 1. The first-order valence-corrected chi connectivity index (χ1v) is 6.79. The molecule has 0 aromatic heterocycles. The molecule has 2 N–H and O–H groups in total. The highest BCUT2D eigenvalue weighted by Gasteiger charge is 2.26. The van der Waals surface area contributed by atoms with Crippen LogP contribution in [-0.4, -0.2) is 25.3 Å². The van der Waals surface area contributed by atoms with Crippen LogP contribution in [0, 0.1) is 0 Å². The molecule has 0 aliphatic heterocycles. The molecule has 0 bridgehead atoms. The Labute approximate surface area is 105 Å². The van der Waals surface area contributed by atoms with E-state index in [-0.39, 0.29) is 11.4 Å². The van der Waals surface area contributed by atoms with E-state index in [0.717, 1.165) is 0 Å². The average molecular weight is 277 g/mol. The van der Waals surface area contributed by atoms with Crippen molar-refractivity contribution in [3.05, 3.63) is 29.3 Å². The van der Waals surface area contributed by atoms with Crippen LogP contribution < -0.4 is 5.73 Å². The zero-order valence-electron chi connectivity index (χ0n) is 9.26. The molecule has 0 fully saturated rings. The molecule has 2 amide bonds. The van der Waals surface area contributed by atoms with Crippen molar-refractivity contribution < 1.29 is 13.2 Å². The van der Waals surface area contributed by atoms with Crippen LogP contribution in [-0.2, 0) is 10.0 Å². The van der Waals surface area contributed by atoms with Gasteiger partial charge in [0.25, 0.3) is 10.0 Å². The lowest BCUT2D eigenvalue weighted by molar-refractivity contribution is 0.232. The maximum atomic E-state index is 12.1. The van der Waals surface area contributed by atoms with Crippen LogP contribution in [0.2, 0.25) is 5.02 Å². The highest BCUT2D eigenvalue weighted by atomic mass is 35.5. The minimum absolute atomic E-state index is 0.00542. The number of amides is 2. The van der Waals surface area contributed by atoms with Gasteiger partial charge in [-0.25, -0.2) is 17.5 Å². The zero-order valence-corrected chi connectivity index (χ0v) is 10.8. The van der Waals surface area contributed by atoms with Gasteiger partial charge in [0.2, 0.25) is 0 Å². The Morgan fingerprint density at radius 2 is 1.88 bits per heavy atom. The SMILES string of the molecule is CCCN(C(N)=O)S(=O)(=O)c1ccc(Cl)cc1. The first-order valence-electron chi connectivity index (χ1n) is 4.97. The highest BCUT2D eigenvalue weighted by molar-refractivity contribution is 7.89. The number of rotatable bonds is 4. The Morgan fingerprint density at radius 1 is 1.35 bits per heavy atom. The van der Waals surface area contributed by atoms with E-state index < -0.39 is 16.1 Å². The minimum atomic E-state index is -3.88. The van der Waals surface area contributed by atoms with E-state index in [4.69, 9.17) is 17.3 Å². The predicted octanol–water partition coefficient (Wildman–Crippen LogP) is 1.82. The van der Waals surface area contributed by atoms with Gasteiger partial charge >= 0.3 is 6.03 Å². The van der Waals surface area contributed by atoms with Crippen LogP contribution >= 0.6 is 11.6 Å². The summed E-state index contributed by atoms with van der Waals surface area (Å²) >= 11 is 5.66. The largest absolute Gasteiger partial charge is 0.351 e. The van der Waals surface area contributed by atoms with Crippen molar-refractivity contribution in [3.8, 4) is 0 Å². The molecule has 0 atom stereocenters. The Morgan fingerprint density at radius 3 is 2.29 bits per heavy atom. The second-order valence-electron chi connectivity index (χ2n) is 3.37. The lowest BCUT2D eigenvalue weighted by Gasteiger charge is -2.19. The number of nitrogens with zero attached hydrogens (tertiary/aromatic N) is 1. The molecule has 0 radical (unpaired) electrons. The molecule has 1 rings (SSSR count). The fourth-order valence-corrected chi connectivity index (χ4v) is 2.81. The molecule has 0 spiro atoms. The van der Waals surface area contributed by atoms with Gasteiger partial charge in [-0.05, 0) is 30.7 Å². The molecule has 94 valence electrons. The van der Waals surface area contributed by atoms with Gasteiger partial charge in [0.15, 0.2) is 0 Å². The molecule has 0 heterocycles. The summed E-state index contributed by atoms with van der Waals surface area (Å²) in [5, 5.41) is 0.421. The van der Waals surface area contributed by atoms with Crippen molar-refractivity contribution in [2.75, 3.05) is 6.54 Å². The van der Waals surface area contributed by atoms with Gasteiger partial charge in [0, 0.05) is 11.6 Å². The molecular formula is C10H13ClN2O3S. The highest BCUT2D eigenvalue weighted by Crippen LogP contribution is 2.18. The van der Waals surface area contributed by atoms with E-state index in [0.29, 0.717) is 15.7 Å². The van der Waals surface area contributed by atoms with Crippen LogP contribution in [0.1, 0.15) is 13.3 Å². The lowest BCUT2D eigenvalue weighted by atomic mass is 10.4. The molecule has 1 aromatic carbocycles. The summed E-state index contributed by atoms with van der Waals surface area (Å²) in [6.07, 6.45) is 0.496. The number of halogens is 1. The van der Waals surface area contributed by atoms with Gasteiger partial charge in [-0.1, -0.05) is 18.5 Å². The van der Waals surface area contributed by atoms with Gasteiger partial charge in [-0.15, -0.1) is 0 Å². The molecule has 0 unspecified atom stereocenters. The van der Waals surface area contributed by atoms with E-state index in [1.165, 1.54) is 24.3 Å². The minimum Gasteiger partial charge on any atom is -0.351 e. The summed E-state index contributed by atoms with van der Waals surface area (Å²) in [5.41, 5.74) is 5.06. The van der Waals surface area contributed by atoms with Crippen LogP contribution in [0.5, 0.6) is 0 Å². The Balaban J connectivity index is 3.16. The fraction of sp³-hybridized carbons (Fsp3) is 0.300. The number of benzene rings is 1. The standard InChI is InChI=1S/C10H13ClN2O3S/c1-2-7-13(10(12)14)17(15,16)9-5-3-8(11)4-6-9/h3-6H,2,7H2,1H3,(H2,12,14). The van der Waals surface area contributed by atoms with Gasteiger partial charge in [-0.3, -0.25) is 0 Å². The normalized spacial score (nSPS) is 11.2. The number of sulfonamides is 1. The molecule has 0 saturated carbocycles. The Kier molecular flexibility index (Phi) is 4.36. The summed E-state index contributed by atoms with van der Waals surface area (Å²) in [6.45, 7) is 1.81. The fourth-order valence-electron chi connectivity index (χ4n) is 1.29. The van der Waals surface area contributed by atoms with Gasteiger partial charge in [-0.2, -0.15) is 0 Å². The summed E-state index contributed by atoms with van der Waals surface area (Å²) in [4.78, 5) is 11.1. The first-order chi connectivity index (χ1) is 7.89. The van der Waals surface area contributed by atoms with Crippen molar-refractivity contribution in [1.29, 1.82) is 0 Å².